The van der Waals surface area contributed by atoms with Crippen LogP contribution in [0.3, 0.4) is 0 Å². The van der Waals surface area contributed by atoms with Gasteiger partial charge in [-0.25, -0.2) is 18.1 Å². The summed E-state index contributed by atoms with van der Waals surface area (Å²) in [6.45, 7) is 0.525. The van der Waals surface area contributed by atoms with E-state index in [2.05, 4.69) is 9.71 Å². The Hall–Kier alpha value is -1.45. The van der Waals surface area contributed by atoms with Crippen molar-refractivity contribution in [2.45, 2.75) is 30.6 Å². The minimum Gasteiger partial charge on any atom is -0.244 e. The van der Waals surface area contributed by atoms with E-state index in [0.29, 0.717) is 24.3 Å². The third-order valence-corrected chi connectivity index (χ3v) is 5.53. The molecule has 0 radical (unpaired) electrons. The third kappa shape index (κ3) is 3.00. The Kier molecular flexibility index (Phi) is 3.48. The molecular weight excluding hydrogens is 274 g/mol. The molecule has 2 fully saturated rings. The Bertz CT molecular complexity index is 613. The number of pyridine rings is 1. The van der Waals surface area contributed by atoms with Crippen LogP contribution in [0.4, 0.5) is 0 Å². The zero-order valence-electron chi connectivity index (χ0n) is 11.1. The molecule has 0 aliphatic heterocycles. The lowest BCUT2D eigenvalue weighted by Gasteiger charge is -2.16. The topological polar surface area (TPSA) is 82.8 Å². The van der Waals surface area contributed by atoms with Gasteiger partial charge >= 0.3 is 0 Å². The van der Waals surface area contributed by atoms with Gasteiger partial charge in [-0.3, -0.25) is 0 Å². The summed E-state index contributed by atoms with van der Waals surface area (Å²) in [6.07, 6.45) is 6.19. The molecule has 0 spiro atoms. The molecule has 1 aromatic heterocycles. The van der Waals surface area contributed by atoms with Crippen molar-refractivity contribution >= 4 is 10.0 Å². The molecule has 0 saturated heterocycles. The summed E-state index contributed by atoms with van der Waals surface area (Å²) >= 11 is 0. The van der Waals surface area contributed by atoms with E-state index < -0.39 is 10.0 Å². The number of nitrogens with one attached hydrogen (secondary N) is 1. The molecule has 3 rings (SSSR count). The highest BCUT2D eigenvalue weighted by atomic mass is 32.2. The van der Waals surface area contributed by atoms with E-state index >= 15 is 0 Å². The molecule has 0 unspecified atom stereocenters. The van der Waals surface area contributed by atoms with Crippen LogP contribution >= 0.6 is 0 Å². The van der Waals surface area contributed by atoms with E-state index in [1.165, 1.54) is 44.0 Å². The van der Waals surface area contributed by atoms with Gasteiger partial charge in [-0.1, -0.05) is 0 Å². The fraction of sp³-hybridized carbons (Fsp3) is 0.571. The monoisotopic (exact) mass is 291 g/mol. The highest BCUT2D eigenvalue weighted by Gasteiger charge is 2.41. The lowest BCUT2D eigenvalue weighted by atomic mass is 9.99. The van der Waals surface area contributed by atoms with E-state index in [-0.39, 0.29) is 10.6 Å². The minimum absolute atomic E-state index is 0.127. The number of aromatic nitrogens is 1. The van der Waals surface area contributed by atoms with Crippen LogP contribution in [0.1, 0.15) is 31.4 Å². The van der Waals surface area contributed by atoms with Crippen molar-refractivity contribution in [1.82, 2.24) is 9.71 Å². The molecular formula is C14H17N3O2S. The second kappa shape index (κ2) is 5.15. The second-order valence-corrected chi connectivity index (χ2v) is 7.45. The molecule has 5 nitrogen and oxygen atoms in total. The molecule has 0 amide bonds. The molecule has 20 heavy (non-hydrogen) atoms. The third-order valence-electron chi connectivity index (χ3n) is 4.13. The van der Waals surface area contributed by atoms with Crippen LogP contribution in [0.5, 0.6) is 0 Å². The van der Waals surface area contributed by atoms with Crippen LogP contribution in [-0.4, -0.2) is 19.9 Å². The van der Waals surface area contributed by atoms with Crippen molar-refractivity contribution < 1.29 is 8.42 Å². The number of rotatable bonds is 6. The predicted molar refractivity (Wildman–Crippen MR) is 73.1 cm³/mol. The Morgan fingerprint density at radius 3 is 2.40 bits per heavy atom. The van der Waals surface area contributed by atoms with Gasteiger partial charge in [0.2, 0.25) is 10.0 Å². The Morgan fingerprint density at radius 1 is 1.30 bits per heavy atom. The van der Waals surface area contributed by atoms with Gasteiger partial charge in [0.15, 0.2) is 0 Å². The van der Waals surface area contributed by atoms with E-state index in [1.54, 1.807) is 0 Å². The maximum absolute atomic E-state index is 12.2. The van der Waals surface area contributed by atoms with Crippen molar-refractivity contribution in [3.63, 3.8) is 0 Å². The number of sulfonamides is 1. The molecule has 1 N–H and O–H groups in total. The Morgan fingerprint density at radius 2 is 1.95 bits per heavy atom. The summed E-state index contributed by atoms with van der Waals surface area (Å²) in [6, 6.07) is 4.73. The molecule has 1 heterocycles. The summed E-state index contributed by atoms with van der Waals surface area (Å²) in [5.41, 5.74) is 0.220. The van der Waals surface area contributed by atoms with Crippen LogP contribution < -0.4 is 4.72 Å². The molecule has 0 aromatic carbocycles. The van der Waals surface area contributed by atoms with Crippen molar-refractivity contribution in [3.8, 4) is 6.07 Å². The Balaban J connectivity index is 1.66. The maximum atomic E-state index is 12.2. The van der Waals surface area contributed by atoms with Crippen molar-refractivity contribution in [1.29, 1.82) is 5.26 Å². The van der Waals surface area contributed by atoms with Gasteiger partial charge in [0.05, 0.1) is 0 Å². The largest absolute Gasteiger partial charge is 0.244 e. The van der Waals surface area contributed by atoms with E-state index in [4.69, 9.17) is 5.26 Å². The molecule has 2 saturated carbocycles. The van der Waals surface area contributed by atoms with Gasteiger partial charge in [0, 0.05) is 12.7 Å². The van der Waals surface area contributed by atoms with Gasteiger partial charge in [-0.15, -0.1) is 0 Å². The average molecular weight is 291 g/mol. The quantitative estimate of drug-likeness (QED) is 0.864. The van der Waals surface area contributed by atoms with Gasteiger partial charge in [-0.2, -0.15) is 5.26 Å². The zero-order valence-corrected chi connectivity index (χ0v) is 11.9. The first-order valence-electron chi connectivity index (χ1n) is 6.96. The summed E-state index contributed by atoms with van der Waals surface area (Å²) in [4.78, 5) is 3.93. The smallest absolute Gasteiger partial charge is 0.242 e. The number of nitrogens with zero attached hydrogens (tertiary/aromatic N) is 2. The van der Waals surface area contributed by atoms with Crippen molar-refractivity contribution in [3.05, 3.63) is 24.0 Å². The van der Waals surface area contributed by atoms with Crippen LogP contribution in [0.15, 0.2) is 23.2 Å². The number of nitriles is 1. The fourth-order valence-corrected chi connectivity index (χ4v) is 3.68. The maximum Gasteiger partial charge on any atom is 0.242 e. The molecule has 2 aliphatic rings. The highest BCUT2D eigenvalue weighted by Crippen LogP contribution is 2.48. The first kappa shape index (κ1) is 13.5. The van der Waals surface area contributed by atoms with E-state index in [1.807, 2.05) is 6.07 Å². The van der Waals surface area contributed by atoms with Crippen molar-refractivity contribution in [2.24, 2.45) is 17.8 Å². The first-order chi connectivity index (χ1) is 9.60. The number of hydrogen-bond acceptors (Lipinski definition) is 4. The zero-order chi connectivity index (χ0) is 14.2. The second-order valence-electron chi connectivity index (χ2n) is 5.68. The van der Waals surface area contributed by atoms with E-state index in [9.17, 15) is 8.42 Å². The number of hydrogen-bond donors (Lipinski definition) is 1. The van der Waals surface area contributed by atoms with Crippen LogP contribution in [-0.2, 0) is 10.0 Å². The molecule has 1 aromatic rings. The summed E-state index contributed by atoms with van der Waals surface area (Å²) < 4.78 is 27.1. The van der Waals surface area contributed by atoms with Gasteiger partial charge in [-0.05, 0) is 55.6 Å². The summed E-state index contributed by atoms with van der Waals surface area (Å²) in [5.74, 6) is 1.92. The SMILES string of the molecule is N#Cc1ccc(S(=O)(=O)NCC(C2CC2)C2CC2)cn1. The highest BCUT2D eigenvalue weighted by molar-refractivity contribution is 7.89. The summed E-state index contributed by atoms with van der Waals surface area (Å²) in [5, 5.41) is 8.67. The molecule has 2 aliphatic carbocycles. The molecule has 106 valence electrons. The van der Waals surface area contributed by atoms with Gasteiger partial charge < -0.3 is 0 Å². The predicted octanol–water partition coefficient (Wildman–Crippen LogP) is 1.67. The first-order valence-corrected chi connectivity index (χ1v) is 8.44. The van der Waals surface area contributed by atoms with Gasteiger partial charge in [0.25, 0.3) is 0 Å². The van der Waals surface area contributed by atoms with Crippen LogP contribution in [0, 0.1) is 29.1 Å². The molecule has 6 heteroatoms. The minimum atomic E-state index is -3.51. The van der Waals surface area contributed by atoms with Crippen LogP contribution in [0.25, 0.3) is 0 Å². The normalized spacial score (nSPS) is 19.0. The molecule has 0 atom stereocenters. The summed E-state index contributed by atoms with van der Waals surface area (Å²) in [7, 11) is -3.51. The molecule has 0 bridgehead atoms. The average Bonchev–Trinajstić information content (AvgIpc) is 3.32. The van der Waals surface area contributed by atoms with Crippen LogP contribution in [0.2, 0.25) is 0 Å². The fourth-order valence-electron chi connectivity index (χ4n) is 2.66. The van der Waals surface area contributed by atoms with Crippen molar-refractivity contribution in [2.75, 3.05) is 6.54 Å². The lowest BCUT2D eigenvalue weighted by molar-refractivity contribution is 0.401. The lowest BCUT2D eigenvalue weighted by Crippen LogP contribution is -2.31. The standard InChI is InChI=1S/C14H17N3O2S/c15-7-12-5-6-13(8-16-12)20(18,19)17-9-14(10-1-2-10)11-3-4-11/h5-6,8,10-11,14,17H,1-4,9H2. The van der Waals surface area contributed by atoms with E-state index in [0.717, 1.165) is 0 Å². The van der Waals surface area contributed by atoms with Gasteiger partial charge in [0.1, 0.15) is 16.7 Å². The Labute approximate surface area is 119 Å².